The number of carbonyl (C=O) groups excluding carboxylic acids is 1. The van der Waals surface area contributed by atoms with Crippen molar-refractivity contribution in [3.8, 4) is 0 Å². The Morgan fingerprint density at radius 1 is 1.38 bits per heavy atom. The molecule has 16 heavy (non-hydrogen) atoms. The third-order valence-electron chi connectivity index (χ3n) is 3.51. The first kappa shape index (κ1) is 11.6. The highest BCUT2D eigenvalue weighted by Crippen LogP contribution is 2.46. The van der Waals surface area contributed by atoms with Gasteiger partial charge in [-0.1, -0.05) is 48.0 Å². The molecule has 1 heterocycles. The molecule has 1 aromatic rings. The monoisotopic (exact) mass is 281 g/mol. The Kier molecular flexibility index (Phi) is 3.06. The van der Waals surface area contributed by atoms with Crippen molar-refractivity contribution in [2.24, 2.45) is 0 Å². The van der Waals surface area contributed by atoms with Crippen molar-refractivity contribution in [1.82, 2.24) is 0 Å². The molecule has 0 bridgehead atoms. The standard InChI is InChI=1S/C13H16BrNO/c1-3-11(14)13(4-2)9-7-5-6-8-10(9)15-12(13)16/h5-8,11H,3-4H2,1-2H3,(H,15,16). The second-order valence-corrected chi connectivity index (χ2v) is 5.31. The van der Waals surface area contributed by atoms with Gasteiger partial charge in [-0.3, -0.25) is 4.79 Å². The van der Waals surface area contributed by atoms with Gasteiger partial charge < -0.3 is 5.32 Å². The lowest BCUT2D eigenvalue weighted by atomic mass is 9.75. The summed E-state index contributed by atoms with van der Waals surface area (Å²) in [6.07, 6.45) is 1.76. The number of halogens is 1. The topological polar surface area (TPSA) is 29.1 Å². The number of anilines is 1. The number of nitrogens with one attached hydrogen (secondary N) is 1. The summed E-state index contributed by atoms with van der Waals surface area (Å²) in [5.74, 6) is 0.125. The average Bonchev–Trinajstić information content (AvgIpc) is 2.61. The van der Waals surface area contributed by atoms with Gasteiger partial charge in [0.1, 0.15) is 0 Å². The number of alkyl halides is 1. The first-order valence-electron chi connectivity index (χ1n) is 5.71. The van der Waals surface area contributed by atoms with Crippen LogP contribution >= 0.6 is 15.9 Å². The Hall–Kier alpha value is -0.830. The zero-order valence-corrected chi connectivity index (χ0v) is 11.2. The van der Waals surface area contributed by atoms with Crippen LogP contribution in [0.15, 0.2) is 24.3 Å². The van der Waals surface area contributed by atoms with Crippen molar-refractivity contribution >= 4 is 27.5 Å². The fourth-order valence-electron chi connectivity index (χ4n) is 2.57. The number of benzene rings is 1. The molecule has 1 amide bonds. The Bertz CT molecular complexity index is 418. The van der Waals surface area contributed by atoms with E-state index in [1.54, 1.807) is 0 Å². The summed E-state index contributed by atoms with van der Waals surface area (Å²) in [4.78, 5) is 12.4. The van der Waals surface area contributed by atoms with Crippen LogP contribution in [0.2, 0.25) is 0 Å². The molecule has 3 heteroatoms. The van der Waals surface area contributed by atoms with Crippen molar-refractivity contribution in [3.63, 3.8) is 0 Å². The summed E-state index contributed by atoms with van der Waals surface area (Å²) in [5, 5.41) is 2.99. The minimum Gasteiger partial charge on any atom is -0.325 e. The zero-order valence-electron chi connectivity index (χ0n) is 9.59. The molecule has 0 fully saturated rings. The van der Waals surface area contributed by atoms with E-state index in [1.165, 1.54) is 0 Å². The third-order valence-corrected chi connectivity index (χ3v) is 4.94. The molecule has 0 saturated heterocycles. The maximum atomic E-state index is 12.2. The minimum absolute atomic E-state index is 0.125. The predicted molar refractivity (Wildman–Crippen MR) is 70.0 cm³/mol. The number of fused-ring (bicyclic) bond motifs is 1. The van der Waals surface area contributed by atoms with Crippen molar-refractivity contribution < 1.29 is 4.79 Å². The van der Waals surface area contributed by atoms with Crippen LogP contribution in [0.5, 0.6) is 0 Å². The van der Waals surface area contributed by atoms with Crippen LogP contribution in [0.1, 0.15) is 32.3 Å². The van der Waals surface area contributed by atoms with E-state index in [1.807, 2.05) is 18.2 Å². The smallest absolute Gasteiger partial charge is 0.236 e. The lowest BCUT2D eigenvalue weighted by Gasteiger charge is -2.30. The van der Waals surface area contributed by atoms with E-state index in [2.05, 4.69) is 41.2 Å². The van der Waals surface area contributed by atoms with E-state index in [0.717, 1.165) is 24.1 Å². The van der Waals surface area contributed by atoms with Crippen LogP contribution in [0.25, 0.3) is 0 Å². The predicted octanol–water partition coefficient (Wildman–Crippen LogP) is 3.46. The lowest BCUT2D eigenvalue weighted by Crippen LogP contribution is -2.41. The SMILES string of the molecule is CCC(Br)C1(CC)C(=O)Nc2ccccc21. The molecule has 0 aromatic heterocycles. The van der Waals surface area contributed by atoms with Gasteiger partial charge in [0.25, 0.3) is 0 Å². The summed E-state index contributed by atoms with van der Waals surface area (Å²) < 4.78 is 0. The normalized spacial score (nSPS) is 25.1. The molecular weight excluding hydrogens is 266 g/mol. The molecule has 0 saturated carbocycles. The molecular formula is C13H16BrNO. The molecule has 0 spiro atoms. The van der Waals surface area contributed by atoms with E-state index >= 15 is 0 Å². The second-order valence-electron chi connectivity index (χ2n) is 4.20. The maximum absolute atomic E-state index is 12.2. The maximum Gasteiger partial charge on any atom is 0.236 e. The summed E-state index contributed by atoms with van der Waals surface area (Å²) in [6, 6.07) is 7.99. The number of para-hydroxylation sites is 1. The molecule has 2 nitrogen and oxygen atoms in total. The molecule has 86 valence electrons. The zero-order chi connectivity index (χ0) is 11.8. The van der Waals surface area contributed by atoms with Crippen LogP contribution < -0.4 is 5.32 Å². The van der Waals surface area contributed by atoms with Crippen LogP contribution in [-0.2, 0) is 10.2 Å². The second kappa shape index (κ2) is 4.21. The van der Waals surface area contributed by atoms with Gasteiger partial charge in [0, 0.05) is 10.5 Å². The summed E-state index contributed by atoms with van der Waals surface area (Å²) >= 11 is 3.67. The Labute approximate surface area is 105 Å². The number of amides is 1. The quantitative estimate of drug-likeness (QED) is 0.845. The van der Waals surface area contributed by atoms with Crippen molar-refractivity contribution in [2.75, 3.05) is 5.32 Å². The van der Waals surface area contributed by atoms with E-state index in [0.29, 0.717) is 0 Å². The molecule has 0 aliphatic carbocycles. The number of hydrogen-bond donors (Lipinski definition) is 1. The van der Waals surface area contributed by atoms with Gasteiger partial charge in [0.05, 0.1) is 5.41 Å². The fourth-order valence-corrected chi connectivity index (χ4v) is 3.35. The highest BCUT2D eigenvalue weighted by molar-refractivity contribution is 9.09. The van der Waals surface area contributed by atoms with Gasteiger partial charge in [0.15, 0.2) is 0 Å². The molecule has 1 aliphatic heterocycles. The molecule has 2 unspecified atom stereocenters. The first-order valence-corrected chi connectivity index (χ1v) is 6.63. The van der Waals surface area contributed by atoms with E-state index in [9.17, 15) is 4.79 Å². The summed E-state index contributed by atoms with van der Waals surface area (Å²) in [6.45, 7) is 4.18. The van der Waals surface area contributed by atoms with Crippen LogP contribution in [0.3, 0.4) is 0 Å². The minimum atomic E-state index is -0.397. The van der Waals surface area contributed by atoms with E-state index < -0.39 is 5.41 Å². The van der Waals surface area contributed by atoms with E-state index in [4.69, 9.17) is 0 Å². The molecule has 0 radical (unpaired) electrons. The van der Waals surface area contributed by atoms with E-state index in [-0.39, 0.29) is 10.7 Å². The van der Waals surface area contributed by atoms with Crippen molar-refractivity contribution in [2.45, 2.75) is 36.9 Å². The number of rotatable bonds is 3. The Balaban J connectivity index is 2.58. The highest BCUT2D eigenvalue weighted by atomic mass is 79.9. The Morgan fingerprint density at radius 3 is 2.69 bits per heavy atom. The van der Waals surface area contributed by atoms with Crippen LogP contribution in [0.4, 0.5) is 5.69 Å². The summed E-state index contributed by atoms with van der Waals surface area (Å²) in [5.41, 5.74) is 1.70. The van der Waals surface area contributed by atoms with Crippen LogP contribution in [0, 0.1) is 0 Å². The molecule has 1 N–H and O–H groups in total. The van der Waals surface area contributed by atoms with Gasteiger partial charge in [-0.15, -0.1) is 0 Å². The van der Waals surface area contributed by atoms with Gasteiger partial charge >= 0.3 is 0 Å². The number of hydrogen-bond acceptors (Lipinski definition) is 1. The molecule has 2 rings (SSSR count). The fraction of sp³-hybridized carbons (Fsp3) is 0.462. The lowest BCUT2D eigenvalue weighted by molar-refractivity contribution is -0.120. The third kappa shape index (κ3) is 1.41. The van der Waals surface area contributed by atoms with Crippen molar-refractivity contribution in [1.29, 1.82) is 0 Å². The van der Waals surface area contributed by atoms with Crippen LogP contribution in [-0.4, -0.2) is 10.7 Å². The Morgan fingerprint density at radius 2 is 2.06 bits per heavy atom. The first-order chi connectivity index (χ1) is 7.66. The largest absolute Gasteiger partial charge is 0.325 e. The summed E-state index contributed by atoms with van der Waals surface area (Å²) in [7, 11) is 0. The van der Waals surface area contributed by atoms with Gasteiger partial charge in [-0.25, -0.2) is 0 Å². The average molecular weight is 282 g/mol. The van der Waals surface area contributed by atoms with Gasteiger partial charge in [-0.05, 0) is 24.5 Å². The number of carbonyl (C=O) groups is 1. The molecule has 1 aliphatic rings. The van der Waals surface area contributed by atoms with Gasteiger partial charge in [0.2, 0.25) is 5.91 Å². The molecule has 2 atom stereocenters. The molecule has 1 aromatic carbocycles. The van der Waals surface area contributed by atoms with Crippen molar-refractivity contribution in [3.05, 3.63) is 29.8 Å². The van der Waals surface area contributed by atoms with Gasteiger partial charge in [-0.2, -0.15) is 0 Å². The highest BCUT2D eigenvalue weighted by Gasteiger charge is 2.49.